The predicted octanol–water partition coefficient (Wildman–Crippen LogP) is 5.75. The largest absolute Gasteiger partial charge is 0.488 e. The maximum Gasteiger partial charge on any atom is 0.223 e. The van der Waals surface area contributed by atoms with Gasteiger partial charge in [-0.2, -0.15) is 0 Å². The van der Waals surface area contributed by atoms with Crippen LogP contribution in [-0.2, 0) is 11.2 Å². The van der Waals surface area contributed by atoms with E-state index in [0.717, 1.165) is 75.3 Å². The van der Waals surface area contributed by atoms with Gasteiger partial charge in [-0.15, -0.1) is 0 Å². The summed E-state index contributed by atoms with van der Waals surface area (Å²) in [6.07, 6.45) is 13.3. The molecule has 0 unspecified atom stereocenters. The van der Waals surface area contributed by atoms with Gasteiger partial charge in [0.25, 0.3) is 0 Å². The van der Waals surface area contributed by atoms with E-state index in [9.17, 15) is 4.79 Å². The maximum atomic E-state index is 12.3. The Balaban J connectivity index is 1.26. The van der Waals surface area contributed by atoms with Crippen molar-refractivity contribution in [2.24, 2.45) is 11.8 Å². The first-order valence-electron chi connectivity index (χ1n) is 13.7. The van der Waals surface area contributed by atoms with E-state index >= 15 is 0 Å². The molecule has 2 aliphatic rings. The molecule has 0 spiro atoms. The molecular weight excluding hydrogens is 422 g/mol. The molecule has 1 aliphatic carbocycles. The van der Waals surface area contributed by atoms with Gasteiger partial charge >= 0.3 is 0 Å². The van der Waals surface area contributed by atoms with Crippen LogP contribution < -0.4 is 10.1 Å². The number of rotatable bonds is 10. The van der Waals surface area contributed by atoms with Crippen LogP contribution >= 0.6 is 0 Å². The number of hydrogen-bond acceptors (Lipinski definition) is 4. The average Bonchev–Trinajstić information content (AvgIpc) is 2.87. The third-order valence-corrected chi connectivity index (χ3v) is 7.66. The van der Waals surface area contributed by atoms with Crippen LogP contribution in [0.25, 0.3) is 10.9 Å². The van der Waals surface area contributed by atoms with E-state index in [4.69, 9.17) is 4.74 Å². The molecule has 0 radical (unpaired) electrons. The second-order valence-electron chi connectivity index (χ2n) is 10.4. The van der Waals surface area contributed by atoms with E-state index in [1.54, 1.807) is 0 Å². The van der Waals surface area contributed by atoms with E-state index < -0.39 is 0 Å². The zero-order valence-corrected chi connectivity index (χ0v) is 21.2. The molecule has 5 heteroatoms. The number of fused-ring (bicyclic) bond motifs is 1. The number of aromatic nitrogens is 1. The van der Waals surface area contributed by atoms with Gasteiger partial charge in [0.1, 0.15) is 17.4 Å². The maximum absolute atomic E-state index is 12.3. The Kier molecular flexibility index (Phi) is 9.20. The minimum atomic E-state index is 0.235. The smallest absolute Gasteiger partial charge is 0.223 e. The Morgan fingerprint density at radius 1 is 1.09 bits per heavy atom. The molecule has 1 saturated heterocycles. The average molecular weight is 466 g/mol. The molecule has 2 fully saturated rings. The summed E-state index contributed by atoms with van der Waals surface area (Å²) in [6.45, 7) is 8.53. The number of likely N-dealkylation sites (tertiary alicyclic amines) is 1. The highest BCUT2D eigenvalue weighted by atomic mass is 16.5. The van der Waals surface area contributed by atoms with Crippen molar-refractivity contribution in [3.05, 3.63) is 36.0 Å². The van der Waals surface area contributed by atoms with Gasteiger partial charge in [-0.05, 0) is 87.5 Å². The van der Waals surface area contributed by atoms with Crippen molar-refractivity contribution in [1.29, 1.82) is 0 Å². The number of ether oxygens (including phenoxy) is 1. The fourth-order valence-corrected chi connectivity index (χ4v) is 5.59. The molecule has 0 atom stereocenters. The summed E-state index contributed by atoms with van der Waals surface area (Å²) in [6, 6.07) is 8.66. The van der Waals surface area contributed by atoms with Crippen LogP contribution in [0.1, 0.15) is 77.2 Å². The minimum absolute atomic E-state index is 0.235. The second kappa shape index (κ2) is 12.5. The monoisotopic (exact) mass is 465 g/mol. The van der Waals surface area contributed by atoms with E-state index in [-0.39, 0.29) is 17.9 Å². The van der Waals surface area contributed by atoms with Crippen LogP contribution in [0.2, 0.25) is 0 Å². The SMILES string of the molecule is CCCCc1cc(OC2CCN(C[C@H]3CC[C@H](C(=O)NCCC)CC3)CC2)c2ncccc2c1. The molecule has 0 bridgehead atoms. The number of unbranched alkanes of at least 4 members (excludes halogenated alkanes) is 1. The number of nitrogens with zero attached hydrogens (tertiary/aromatic N) is 2. The van der Waals surface area contributed by atoms with E-state index in [2.05, 4.69) is 47.2 Å². The Labute approximate surface area is 205 Å². The Morgan fingerprint density at radius 3 is 2.62 bits per heavy atom. The molecule has 1 N–H and O–H groups in total. The number of carbonyl (C=O) groups is 1. The second-order valence-corrected chi connectivity index (χ2v) is 10.4. The van der Waals surface area contributed by atoms with Gasteiger partial charge in [-0.25, -0.2) is 0 Å². The molecular formula is C29H43N3O2. The number of hydrogen-bond donors (Lipinski definition) is 1. The number of aryl methyl sites for hydroxylation is 1. The third-order valence-electron chi connectivity index (χ3n) is 7.66. The van der Waals surface area contributed by atoms with Crippen molar-refractivity contribution in [3.63, 3.8) is 0 Å². The van der Waals surface area contributed by atoms with Gasteiger partial charge in [-0.1, -0.05) is 26.3 Å². The number of carbonyl (C=O) groups excluding carboxylic acids is 1. The predicted molar refractivity (Wildman–Crippen MR) is 139 cm³/mol. The van der Waals surface area contributed by atoms with Gasteiger partial charge in [0, 0.05) is 43.7 Å². The highest BCUT2D eigenvalue weighted by Gasteiger charge is 2.29. The summed E-state index contributed by atoms with van der Waals surface area (Å²) >= 11 is 0. The topological polar surface area (TPSA) is 54.5 Å². The first kappa shape index (κ1) is 25.0. The Morgan fingerprint density at radius 2 is 1.88 bits per heavy atom. The quantitative estimate of drug-likeness (QED) is 0.485. The van der Waals surface area contributed by atoms with Gasteiger partial charge in [0.05, 0.1) is 0 Å². The summed E-state index contributed by atoms with van der Waals surface area (Å²) in [5.41, 5.74) is 2.35. The summed E-state index contributed by atoms with van der Waals surface area (Å²) in [4.78, 5) is 19.5. The lowest BCUT2D eigenvalue weighted by Crippen LogP contribution is -2.42. The molecule has 4 rings (SSSR count). The normalized spacial score (nSPS) is 22.1. The first-order valence-corrected chi connectivity index (χ1v) is 13.7. The Hall–Kier alpha value is -2.14. The van der Waals surface area contributed by atoms with E-state index in [0.29, 0.717) is 0 Å². The highest BCUT2D eigenvalue weighted by Crippen LogP contribution is 2.32. The van der Waals surface area contributed by atoms with Crippen LogP contribution in [0.4, 0.5) is 0 Å². The highest BCUT2D eigenvalue weighted by molar-refractivity contribution is 5.85. The van der Waals surface area contributed by atoms with Crippen molar-refractivity contribution >= 4 is 16.8 Å². The van der Waals surface area contributed by atoms with Gasteiger partial charge in [-0.3, -0.25) is 9.78 Å². The van der Waals surface area contributed by atoms with Crippen LogP contribution in [0.3, 0.4) is 0 Å². The molecule has 2 aromatic rings. The number of pyridine rings is 1. The summed E-state index contributed by atoms with van der Waals surface area (Å²) in [5, 5.41) is 4.26. The fraction of sp³-hybridized carbons (Fsp3) is 0.655. The lowest BCUT2D eigenvalue weighted by atomic mass is 9.81. The zero-order valence-electron chi connectivity index (χ0n) is 21.2. The van der Waals surface area contributed by atoms with Crippen molar-refractivity contribution in [3.8, 4) is 5.75 Å². The zero-order chi connectivity index (χ0) is 23.8. The van der Waals surface area contributed by atoms with Crippen molar-refractivity contribution in [2.45, 2.75) is 84.2 Å². The van der Waals surface area contributed by atoms with Gasteiger partial charge in [0.2, 0.25) is 5.91 Å². The lowest BCUT2D eigenvalue weighted by Gasteiger charge is -2.36. The molecule has 1 saturated carbocycles. The molecule has 1 aliphatic heterocycles. The van der Waals surface area contributed by atoms with Gasteiger partial charge < -0.3 is 15.0 Å². The van der Waals surface area contributed by atoms with Crippen LogP contribution in [0, 0.1) is 11.8 Å². The molecule has 5 nitrogen and oxygen atoms in total. The standard InChI is InChI=1S/C29H43N3O2/c1-3-5-7-23-19-25-8-6-16-30-28(25)27(20-23)34-26-13-17-32(18-14-26)21-22-9-11-24(12-10-22)29(33)31-15-4-2/h6,8,16,19-20,22,24,26H,3-5,7,9-15,17-18,21H2,1-2H3,(H,31,33)/t22-,24-. The van der Waals surface area contributed by atoms with Crippen LogP contribution in [-0.4, -0.2) is 48.1 Å². The van der Waals surface area contributed by atoms with Crippen LogP contribution in [0.15, 0.2) is 30.5 Å². The third kappa shape index (κ3) is 6.71. The number of benzene rings is 1. The first-order chi connectivity index (χ1) is 16.7. The number of piperidine rings is 1. The molecule has 186 valence electrons. The Bertz CT molecular complexity index is 915. The fourth-order valence-electron chi connectivity index (χ4n) is 5.59. The van der Waals surface area contributed by atoms with Crippen molar-refractivity contribution in [2.75, 3.05) is 26.2 Å². The molecule has 1 aromatic heterocycles. The minimum Gasteiger partial charge on any atom is -0.488 e. The summed E-state index contributed by atoms with van der Waals surface area (Å²) in [7, 11) is 0. The molecule has 34 heavy (non-hydrogen) atoms. The molecule has 1 amide bonds. The number of amides is 1. The van der Waals surface area contributed by atoms with E-state index in [1.807, 2.05) is 12.3 Å². The summed E-state index contributed by atoms with van der Waals surface area (Å²) in [5.74, 6) is 2.20. The molecule has 2 heterocycles. The van der Waals surface area contributed by atoms with E-state index in [1.165, 1.54) is 43.2 Å². The summed E-state index contributed by atoms with van der Waals surface area (Å²) < 4.78 is 6.57. The lowest BCUT2D eigenvalue weighted by molar-refractivity contribution is -0.126. The van der Waals surface area contributed by atoms with Crippen molar-refractivity contribution < 1.29 is 9.53 Å². The van der Waals surface area contributed by atoms with Crippen molar-refractivity contribution in [1.82, 2.24) is 15.2 Å². The van der Waals surface area contributed by atoms with Gasteiger partial charge in [0.15, 0.2) is 0 Å². The number of nitrogens with one attached hydrogen (secondary N) is 1. The van der Waals surface area contributed by atoms with Crippen LogP contribution in [0.5, 0.6) is 5.75 Å². The molecule has 1 aromatic carbocycles.